The summed E-state index contributed by atoms with van der Waals surface area (Å²) in [6, 6.07) is 22.8. The quantitative estimate of drug-likeness (QED) is 0.289. The highest BCUT2D eigenvalue weighted by Crippen LogP contribution is 2.30. The Kier molecular flexibility index (Phi) is 8.03. The van der Waals surface area contributed by atoms with Crippen LogP contribution in [0.3, 0.4) is 0 Å². The van der Waals surface area contributed by atoms with Crippen molar-refractivity contribution in [1.29, 1.82) is 0 Å². The summed E-state index contributed by atoms with van der Waals surface area (Å²) in [7, 11) is -2.24. The van der Waals surface area contributed by atoms with Gasteiger partial charge in [0.05, 0.1) is 20.8 Å². The minimum absolute atomic E-state index is 0.125. The zero-order valence-electron chi connectivity index (χ0n) is 20.7. The minimum Gasteiger partial charge on any atom is -0.302 e. The van der Waals surface area contributed by atoms with Crippen molar-refractivity contribution in [2.75, 3.05) is 42.4 Å². The number of benzene rings is 3. The van der Waals surface area contributed by atoms with Crippen molar-refractivity contribution in [2.24, 2.45) is 0 Å². The fourth-order valence-electron chi connectivity index (χ4n) is 3.90. The normalized spacial score (nSPS) is 11.7. The zero-order valence-corrected chi connectivity index (χ0v) is 22.3. The molecule has 0 aliphatic heterocycles. The van der Waals surface area contributed by atoms with E-state index < -0.39 is 10.0 Å². The van der Waals surface area contributed by atoms with Gasteiger partial charge in [-0.15, -0.1) is 0 Å². The lowest BCUT2D eigenvalue weighted by Crippen LogP contribution is -2.38. The number of likely N-dealkylation sites (N-methyl/N-ethyl adjacent to an activating group) is 1. The van der Waals surface area contributed by atoms with Crippen LogP contribution in [-0.4, -0.2) is 57.4 Å². The van der Waals surface area contributed by atoms with Crippen molar-refractivity contribution in [1.82, 2.24) is 9.88 Å². The number of thiazole rings is 1. The summed E-state index contributed by atoms with van der Waals surface area (Å²) >= 11 is 1.48. The summed E-state index contributed by atoms with van der Waals surface area (Å²) in [5.41, 5.74) is 1.83. The third-order valence-electron chi connectivity index (χ3n) is 6.17. The largest absolute Gasteiger partial charge is 0.302 e. The highest BCUT2D eigenvalue weighted by atomic mass is 32.2. The number of anilines is 2. The zero-order chi connectivity index (χ0) is 25.7. The van der Waals surface area contributed by atoms with E-state index in [1.54, 1.807) is 41.3 Å². The van der Waals surface area contributed by atoms with Gasteiger partial charge in [-0.3, -0.25) is 14.0 Å². The van der Waals surface area contributed by atoms with Gasteiger partial charge >= 0.3 is 0 Å². The monoisotopic (exact) mass is 522 g/mol. The average Bonchev–Trinajstić information content (AvgIpc) is 3.35. The molecule has 1 amide bonds. The molecule has 0 saturated carbocycles. The van der Waals surface area contributed by atoms with E-state index in [-0.39, 0.29) is 10.8 Å². The van der Waals surface area contributed by atoms with Crippen LogP contribution in [0.4, 0.5) is 10.8 Å². The van der Waals surface area contributed by atoms with Crippen LogP contribution in [0.15, 0.2) is 83.8 Å². The third-order valence-corrected chi connectivity index (χ3v) is 9.03. The van der Waals surface area contributed by atoms with Crippen molar-refractivity contribution in [3.63, 3.8) is 0 Å². The van der Waals surface area contributed by atoms with Crippen molar-refractivity contribution in [2.45, 2.75) is 18.7 Å². The van der Waals surface area contributed by atoms with Crippen molar-refractivity contribution in [3.05, 3.63) is 84.4 Å². The van der Waals surface area contributed by atoms with Gasteiger partial charge in [-0.05, 0) is 61.6 Å². The Balaban J connectivity index is 1.62. The van der Waals surface area contributed by atoms with Gasteiger partial charge in [-0.2, -0.15) is 0 Å². The van der Waals surface area contributed by atoms with E-state index in [0.29, 0.717) is 29.5 Å². The molecule has 0 fully saturated rings. The van der Waals surface area contributed by atoms with Crippen LogP contribution in [0.25, 0.3) is 10.2 Å². The second-order valence-corrected chi connectivity index (χ2v) is 11.3. The van der Waals surface area contributed by atoms with E-state index in [4.69, 9.17) is 4.98 Å². The first-order valence-electron chi connectivity index (χ1n) is 11.9. The lowest BCUT2D eigenvalue weighted by molar-refractivity contribution is 0.0983. The molecule has 3 aromatic carbocycles. The number of carbonyl (C=O) groups is 1. The first kappa shape index (κ1) is 25.8. The lowest BCUT2D eigenvalue weighted by atomic mass is 10.2. The molecule has 36 heavy (non-hydrogen) atoms. The number of amides is 1. The number of carbonyl (C=O) groups excluding carboxylic acids is 1. The van der Waals surface area contributed by atoms with Crippen molar-refractivity contribution >= 4 is 48.3 Å². The smallest absolute Gasteiger partial charge is 0.264 e. The molecule has 9 heteroatoms. The van der Waals surface area contributed by atoms with Crippen LogP contribution >= 0.6 is 11.3 Å². The van der Waals surface area contributed by atoms with Gasteiger partial charge in [-0.25, -0.2) is 13.4 Å². The standard InChI is InChI=1S/C27H30N4O3S2/c1-4-30(5-2)19-20-31(27-28-24-13-9-10-14-25(24)35-27)26(32)21-15-17-23(18-16-21)36(33,34)29(3)22-11-7-6-8-12-22/h6-18H,4-5,19-20H2,1-3H3. The topological polar surface area (TPSA) is 73.8 Å². The Labute approximate surface area is 216 Å². The molecule has 4 aromatic rings. The molecule has 0 aliphatic rings. The van der Waals surface area contributed by atoms with Gasteiger partial charge in [-0.1, -0.05) is 55.5 Å². The Bertz CT molecular complexity index is 1380. The number of nitrogens with zero attached hydrogens (tertiary/aromatic N) is 4. The predicted molar refractivity (Wildman–Crippen MR) is 148 cm³/mol. The first-order valence-corrected chi connectivity index (χ1v) is 14.1. The maximum absolute atomic E-state index is 13.6. The number of fused-ring (bicyclic) bond motifs is 1. The summed E-state index contributed by atoms with van der Waals surface area (Å²) in [4.78, 5) is 22.4. The summed E-state index contributed by atoms with van der Waals surface area (Å²) in [6.45, 7) is 7.16. The van der Waals surface area contributed by atoms with E-state index in [9.17, 15) is 13.2 Å². The fraction of sp³-hybridized carbons (Fsp3) is 0.259. The molecule has 1 aromatic heterocycles. The summed E-state index contributed by atoms with van der Waals surface area (Å²) in [6.07, 6.45) is 0. The van der Waals surface area contributed by atoms with E-state index in [1.165, 1.54) is 34.8 Å². The van der Waals surface area contributed by atoms with Gasteiger partial charge in [0.1, 0.15) is 0 Å². The summed E-state index contributed by atoms with van der Waals surface area (Å²) < 4.78 is 28.5. The minimum atomic E-state index is -3.76. The number of rotatable bonds is 10. The molecule has 188 valence electrons. The van der Waals surface area contributed by atoms with Crippen LogP contribution < -0.4 is 9.21 Å². The molecule has 0 unspecified atom stereocenters. The van der Waals surface area contributed by atoms with Gasteiger partial charge in [0, 0.05) is 25.7 Å². The molecule has 7 nitrogen and oxygen atoms in total. The van der Waals surface area contributed by atoms with Gasteiger partial charge in [0.15, 0.2) is 5.13 Å². The van der Waals surface area contributed by atoms with E-state index in [0.717, 1.165) is 23.3 Å². The molecular formula is C27H30N4O3S2. The Morgan fingerprint density at radius 1 is 0.861 bits per heavy atom. The molecule has 0 saturated heterocycles. The van der Waals surface area contributed by atoms with Gasteiger partial charge in [0.2, 0.25) is 0 Å². The average molecular weight is 523 g/mol. The first-order chi connectivity index (χ1) is 17.3. The number of para-hydroxylation sites is 2. The summed E-state index contributed by atoms with van der Waals surface area (Å²) in [5.74, 6) is -0.207. The molecule has 0 N–H and O–H groups in total. The highest BCUT2D eigenvalue weighted by molar-refractivity contribution is 7.92. The highest BCUT2D eigenvalue weighted by Gasteiger charge is 2.24. The number of hydrogen-bond donors (Lipinski definition) is 0. The Hall–Kier alpha value is -3.27. The molecule has 0 radical (unpaired) electrons. The third kappa shape index (κ3) is 5.43. The lowest BCUT2D eigenvalue weighted by Gasteiger charge is -2.25. The van der Waals surface area contributed by atoms with E-state index in [2.05, 4.69) is 18.7 Å². The van der Waals surface area contributed by atoms with Crippen LogP contribution in [0.2, 0.25) is 0 Å². The molecule has 1 heterocycles. The van der Waals surface area contributed by atoms with Gasteiger partial charge < -0.3 is 4.90 Å². The van der Waals surface area contributed by atoms with Gasteiger partial charge in [0.25, 0.3) is 15.9 Å². The van der Waals surface area contributed by atoms with E-state index in [1.807, 2.05) is 30.3 Å². The molecule has 0 atom stereocenters. The predicted octanol–water partition coefficient (Wildman–Crippen LogP) is 5.11. The van der Waals surface area contributed by atoms with Crippen LogP contribution in [0.5, 0.6) is 0 Å². The molecular weight excluding hydrogens is 492 g/mol. The van der Waals surface area contributed by atoms with Crippen molar-refractivity contribution < 1.29 is 13.2 Å². The second-order valence-electron chi connectivity index (χ2n) is 8.28. The van der Waals surface area contributed by atoms with Crippen LogP contribution in [0, 0.1) is 0 Å². The second kappa shape index (κ2) is 11.2. The maximum atomic E-state index is 13.6. The van der Waals surface area contributed by atoms with Crippen LogP contribution in [-0.2, 0) is 10.0 Å². The number of aromatic nitrogens is 1. The molecule has 4 rings (SSSR count). The number of sulfonamides is 1. The maximum Gasteiger partial charge on any atom is 0.264 e. The summed E-state index contributed by atoms with van der Waals surface area (Å²) in [5, 5.41) is 0.633. The molecule has 0 bridgehead atoms. The Morgan fingerprint density at radius 3 is 2.14 bits per heavy atom. The van der Waals surface area contributed by atoms with Crippen LogP contribution in [0.1, 0.15) is 24.2 Å². The number of hydrogen-bond acceptors (Lipinski definition) is 6. The fourth-order valence-corrected chi connectivity index (χ4v) is 6.09. The van der Waals surface area contributed by atoms with E-state index >= 15 is 0 Å². The molecule has 0 spiro atoms. The Morgan fingerprint density at radius 2 is 1.50 bits per heavy atom. The SMILES string of the molecule is CCN(CC)CCN(C(=O)c1ccc(S(=O)(=O)N(C)c2ccccc2)cc1)c1nc2ccccc2s1. The van der Waals surface area contributed by atoms with Crippen molar-refractivity contribution in [3.8, 4) is 0 Å². The molecule has 0 aliphatic carbocycles.